The molecule has 0 aliphatic rings. The van der Waals surface area contributed by atoms with E-state index in [2.05, 4.69) is 29.4 Å². The molecule has 148 valence electrons. The summed E-state index contributed by atoms with van der Waals surface area (Å²) >= 11 is 0. The number of aliphatic hydroxyl groups excluding tert-OH is 1. The van der Waals surface area contributed by atoms with E-state index >= 15 is 0 Å². The van der Waals surface area contributed by atoms with Crippen molar-refractivity contribution in [1.82, 2.24) is 29.7 Å². The Bertz CT molecular complexity index is 970. The molecule has 28 heavy (non-hydrogen) atoms. The van der Waals surface area contributed by atoms with Crippen LogP contribution in [0.5, 0.6) is 0 Å². The topological polar surface area (TPSA) is 104 Å². The molecule has 0 bridgehead atoms. The van der Waals surface area contributed by atoms with Gasteiger partial charge in [-0.25, -0.2) is 9.50 Å². The van der Waals surface area contributed by atoms with Gasteiger partial charge in [-0.1, -0.05) is 6.92 Å². The Kier molecular flexibility index (Phi) is 6.20. The van der Waals surface area contributed by atoms with Crippen LogP contribution in [0.25, 0.3) is 22.3 Å². The average molecular weight is 381 g/mol. The maximum Gasteiger partial charge on any atom is 0.0999 e. The van der Waals surface area contributed by atoms with E-state index in [1.807, 2.05) is 29.3 Å². The summed E-state index contributed by atoms with van der Waals surface area (Å²) in [6.45, 7) is 6.63. The van der Waals surface area contributed by atoms with E-state index in [0.29, 0.717) is 30.3 Å². The first-order valence-electron chi connectivity index (χ1n) is 9.54. The van der Waals surface area contributed by atoms with Gasteiger partial charge in [-0.05, 0) is 32.8 Å². The van der Waals surface area contributed by atoms with Crippen molar-refractivity contribution in [2.75, 3.05) is 6.54 Å². The molecule has 0 fully saturated rings. The predicted molar refractivity (Wildman–Crippen MR) is 110 cm³/mol. The van der Waals surface area contributed by atoms with Crippen LogP contribution in [0.2, 0.25) is 0 Å². The molecule has 3 aromatic rings. The molecule has 0 amide bonds. The lowest BCUT2D eigenvalue weighted by atomic mass is 10.1. The van der Waals surface area contributed by atoms with Crippen LogP contribution in [0.1, 0.15) is 45.3 Å². The van der Waals surface area contributed by atoms with Crippen LogP contribution in [0.4, 0.5) is 0 Å². The van der Waals surface area contributed by atoms with Gasteiger partial charge in [-0.2, -0.15) is 10.2 Å². The summed E-state index contributed by atoms with van der Waals surface area (Å²) in [5.74, 6) is 0. The largest absolute Gasteiger partial charge is 0.393 e. The molecule has 0 radical (unpaired) electrons. The molecule has 8 nitrogen and oxygen atoms in total. The van der Waals surface area contributed by atoms with Gasteiger partial charge in [-0.3, -0.25) is 4.68 Å². The predicted octanol–water partition coefficient (Wildman–Crippen LogP) is 2.91. The lowest BCUT2D eigenvalue weighted by molar-refractivity contribution is 0.185. The van der Waals surface area contributed by atoms with E-state index in [0.717, 1.165) is 23.2 Å². The molecule has 0 spiro atoms. The van der Waals surface area contributed by atoms with Crippen LogP contribution in [-0.4, -0.2) is 48.3 Å². The summed E-state index contributed by atoms with van der Waals surface area (Å²) in [6, 6.07) is 2.23. The monoisotopic (exact) mass is 381 g/mol. The zero-order valence-corrected chi connectivity index (χ0v) is 16.5. The van der Waals surface area contributed by atoms with Gasteiger partial charge in [0.05, 0.1) is 41.6 Å². The summed E-state index contributed by atoms with van der Waals surface area (Å²) in [4.78, 5) is 4.80. The van der Waals surface area contributed by atoms with Crippen molar-refractivity contribution in [2.45, 2.75) is 45.8 Å². The van der Waals surface area contributed by atoms with E-state index in [9.17, 15) is 5.11 Å². The van der Waals surface area contributed by atoms with Crippen LogP contribution in [0.15, 0.2) is 37.1 Å². The number of rotatable bonds is 9. The number of aromatic nitrogens is 5. The Hall–Kier alpha value is -3.00. The molecule has 1 unspecified atom stereocenters. The minimum atomic E-state index is -0.364. The van der Waals surface area contributed by atoms with Gasteiger partial charge in [0.1, 0.15) is 0 Å². The second kappa shape index (κ2) is 8.79. The fourth-order valence-corrected chi connectivity index (χ4v) is 2.83. The molecule has 0 aliphatic heterocycles. The average Bonchev–Trinajstić information content (AvgIpc) is 3.36. The molecule has 0 saturated carbocycles. The fourth-order valence-electron chi connectivity index (χ4n) is 2.83. The van der Waals surface area contributed by atoms with E-state index in [1.54, 1.807) is 23.8 Å². The Balaban J connectivity index is 1.97. The molecule has 2 atom stereocenters. The molecule has 0 saturated heterocycles. The molecular weight excluding hydrogens is 354 g/mol. The molecular formula is C20H27N7O. The van der Waals surface area contributed by atoms with Gasteiger partial charge >= 0.3 is 0 Å². The summed E-state index contributed by atoms with van der Waals surface area (Å²) < 4.78 is 3.72. The minimum Gasteiger partial charge on any atom is -0.393 e. The highest BCUT2D eigenvalue weighted by molar-refractivity contribution is 6.07. The SMILES string of the molecule is CCC(C)n1cc(-c2nc(/C(C=N)=C/NCC[C@@H](C)O)cn3nccc23)cn1. The quantitative estimate of drug-likeness (QED) is 0.390. The Morgan fingerprint density at radius 2 is 2.14 bits per heavy atom. The molecule has 3 aromatic heterocycles. The third kappa shape index (κ3) is 4.28. The van der Waals surface area contributed by atoms with Crippen molar-refractivity contribution in [2.24, 2.45) is 0 Å². The van der Waals surface area contributed by atoms with Crippen LogP contribution in [0, 0.1) is 5.41 Å². The molecule has 3 rings (SSSR count). The lowest BCUT2D eigenvalue weighted by Crippen LogP contribution is -2.14. The number of fused-ring (bicyclic) bond motifs is 1. The minimum absolute atomic E-state index is 0.313. The van der Waals surface area contributed by atoms with Crippen molar-refractivity contribution in [1.29, 1.82) is 5.41 Å². The number of hydrogen-bond donors (Lipinski definition) is 3. The second-order valence-corrected chi connectivity index (χ2v) is 6.94. The Morgan fingerprint density at radius 1 is 1.32 bits per heavy atom. The van der Waals surface area contributed by atoms with E-state index in [4.69, 9.17) is 10.4 Å². The first kappa shape index (κ1) is 19.8. The lowest BCUT2D eigenvalue weighted by Gasteiger charge is -2.09. The number of nitrogens with zero attached hydrogens (tertiary/aromatic N) is 5. The van der Waals surface area contributed by atoms with Crippen LogP contribution in [-0.2, 0) is 0 Å². The summed E-state index contributed by atoms with van der Waals surface area (Å²) in [6.07, 6.45) is 11.6. The molecule has 3 heterocycles. The Morgan fingerprint density at radius 3 is 2.86 bits per heavy atom. The highest BCUT2D eigenvalue weighted by Gasteiger charge is 2.14. The molecule has 0 aromatic carbocycles. The first-order valence-corrected chi connectivity index (χ1v) is 9.54. The zero-order chi connectivity index (χ0) is 20.1. The maximum absolute atomic E-state index is 9.37. The van der Waals surface area contributed by atoms with Crippen molar-refractivity contribution in [3.05, 3.63) is 42.7 Å². The summed E-state index contributed by atoms with van der Waals surface area (Å²) in [5.41, 5.74) is 3.86. The summed E-state index contributed by atoms with van der Waals surface area (Å²) in [5, 5.41) is 29.1. The van der Waals surface area contributed by atoms with Gasteiger partial charge in [0.25, 0.3) is 0 Å². The smallest absolute Gasteiger partial charge is 0.0999 e. The third-order valence-corrected chi connectivity index (χ3v) is 4.72. The highest BCUT2D eigenvalue weighted by Crippen LogP contribution is 2.25. The molecule has 8 heteroatoms. The highest BCUT2D eigenvalue weighted by atomic mass is 16.3. The number of hydrogen-bond acceptors (Lipinski definition) is 6. The molecule has 3 N–H and O–H groups in total. The van der Waals surface area contributed by atoms with Crippen molar-refractivity contribution < 1.29 is 5.11 Å². The number of nitrogens with one attached hydrogen (secondary N) is 2. The third-order valence-electron chi connectivity index (χ3n) is 4.72. The van der Waals surface area contributed by atoms with Gasteiger partial charge in [0.15, 0.2) is 0 Å². The van der Waals surface area contributed by atoms with Crippen molar-refractivity contribution >= 4 is 17.3 Å². The maximum atomic E-state index is 9.37. The van der Waals surface area contributed by atoms with Crippen molar-refractivity contribution in [3.63, 3.8) is 0 Å². The van der Waals surface area contributed by atoms with E-state index in [-0.39, 0.29) is 6.10 Å². The van der Waals surface area contributed by atoms with E-state index in [1.165, 1.54) is 6.21 Å². The van der Waals surface area contributed by atoms with Gasteiger partial charge < -0.3 is 15.8 Å². The van der Waals surface area contributed by atoms with Gasteiger partial charge in [-0.15, -0.1) is 0 Å². The van der Waals surface area contributed by atoms with Crippen LogP contribution < -0.4 is 5.32 Å². The number of aliphatic hydroxyl groups is 1. The molecule has 0 aliphatic carbocycles. The van der Waals surface area contributed by atoms with E-state index < -0.39 is 0 Å². The number of allylic oxidation sites excluding steroid dienone is 1. The normalized spacial score (nSPS) is 14.2. The van der Waals surface area contributed by atoms with Crippen molar-refractivity contribution in [3.8, 4) is 11.3 Å². The van der Waals surface area contributed by atoms with Crippen LogP contribution >= 0.6 is 0 Å². The van der Waals surface area contributed by atoms with Gasteiger partial charge in [0.2, 0.25) is 0 Å². The zero-order valence-electron chi connectivity index (χ0n) is 16.5. The summed E-state index contributed by atoms with van der Waals surface area (Å²) in [7, 11) is 0. The Labute approximate surface area is 164 Å². The second-order valence-electron chi connectivity index (χ2n) is 6.94. The standard InChI is InChI=1S/C20H27N7O/c1-4-14(2)26-12-17(11-24-26)20-19-6-8-23-27(19)13-18(25-20)16(9-21)10-22-7-5-15(3)28/h6,8-15,21-22,28H,4-5,7H2,1-3H3/b16-10+,21-9?/t14?,15-/m1/s1. The first-order chi connectivity index (χ1) is 13.5. The fraction of sp³-hybridized carbons (Fsp3) is 0.400. The van der Waals surface area contributed by atoms with Gasteiger partial charge in [0, 0.05) is 42.3 Å². The van der Waals surface area contributed by atoms with Crippen LogP contribution in [0.3, 0.4) is 0 Å².